The van der Waals surface area contributed by atoms with Gasteiger partial charge in [-0.05, 0) is 52.9 Å². The maximum atomic E-state index is 13.6. The third kappa shape index (κ3) is 4.03. The van der Waals surface area contributed by atoms with Gasteiger partial charge in [0.15, 0.2) is 11.6 Å². The monoisotopic (exact) mass is 443 g/mol. The molecular weight excluding hydrogens is 427 g/mol. The van der Waals surface area contributed by atoms with Gasteiger partial charge in [0.2, 0.25) is 0 Å². The zero-order valence-corrected chi connectivity index (χ0v) is 15.0. The van der Waals surface area contributed by atoms with Crippen molar-refractivity contribution >= 4 is 28.5 Å². The van der Waals surface area contributed by atoms with E-state index >= 15 is 0 Å². The van der Waals surface area contributed by atoms with E-state index < -0.39 is 11.6 Å². The molecule has 0 aromatic heterocycles. The molecule has 0 spiro atoms. The van der Waals surface area contributed by atoms with E-state index in [0.717, 1.165) is 9.64 Å². The van der Waals surface area contributed by atoms with Gasteiger partial charge in [0.1, 0.15) is 11.9 Å². The Morgan fingerprint density at radius 1 is 1.12 bits per heavy atom. The molecule has 1 amide bonds. The van der Waals surface area contributed by atoms with Crippen LogP contribution in [0.3, 0.4) is 0 Å². The molecule has 1 aliphatic heterocycles. The van der Waals surface area contributed by atoms with E-state index in [9.17, 15) is 13.6 Å². The molecule has 0 saturated carbocycles. The summed E-state index contributed by atoms with van der Waals surface area (Å²) in [6.45, 7) is 1.11. The smallest absolute Gasteiger partial charge is 0.253 e. The lowest BCUT2D eigenvalue weighted by atomic mass is 10.1. The van der Waals surface area contributed by atoms with Crippen molar-refractivity contribution < 1.29 is 18.3 Å². The van der Waals surface area contributed by atoms with Crippen molar-refractivity contribution in [1.29, 1.82) is 0 Å². The summed E-state index contributed by atoms with van der Waals surface area (Å²) in [5, 5.41) is 0. The number of halogens is 3. The van der Waals surface area contributed by atoms with Crippen LogP contribution in [-0.4, -0.2) is 30.0 Å². The zero-order valence-electron chi connectivity index (χ0n) is 12.8. The van der Waals surface area contributed by atoms with E-state index in [-0.39, 0.29) is 17.8 Å². The van der Waals surface area contributed by atoms with Crippen LogP contribution in [-0.2, 0) is 0 Å². The first-order chi connectivity index (χ1) is 11.5. The Hall–Kier alpha value is -1.70. The number of likely N-dealkylation sites (tertiary alicyclic amines) is 1. The summed E-state index contributed by atoms with van der Waals surface area (Å²) in [5.41, 5.74) is 0.672. The van der Waals surface area contributed by atoms with Crippen LogP contribution in [0.5, 0.6) is 5.75 Å². The largest absolute Gasteiger partial charge is 0.487 e. The Morgan fingerprint density at radius 3 is 2.54 bits per heavy atom. The van der Waals surface area contributed by atoms with Crippen molar-refractivity contribution in [3.63, 3.8) is 0 Å². The summed E-state index contributed by atoms with van der Waals surface area (Å²) >= 11 is 2.18. The SMILES string of the molecule is O=C(c1cccc(I)c1)N1CCC(Oc2ccc(F)cc2F)CC1. The highest BCUT2D eigenvalue weighted by Crippen LogP contribution is 2.23. The van der Waals surface area contributed by atoms with E-state index in [1.54, 1.807) is 11.0 Å². The predicted octanol–water partition coefficient (Wildman–Crippen LogP) is 4.25. The van der Waals surface area contributed by atoms with Crippen molar-refractivity contribution in [1.82, 2.24) is 4.90 Å². The molecular formula is C18H16F2INO2. The maximum absolute atomic E-state index is 13.6. The van der Waals surface area contributed by atoms with Crippen LogP contribution in [0.2, 0.25) is 0 Å². The number of nitrogens with zero attached hydrogens (tertiary/aromatic N) is 1. The molecule has 2 aromatic rings. The average molecular weight is 443 g/mol. The van der Waals surface area contributed by atoms with E-state index in [1.165, 1.54) is 12.1 Å². The number of carbonyl (C=O) groups excluding carboxylic acids is 1. The molecule has 1 aliphatic rings. The summed E-state index contributed by atoms with van der Waals surface area (Å²) < 4.78 is 33.2. The molecule has 0 aliphatic carbocycles. The highest BCUT2D eigenvalue weighted by atomic mass is 127. The molecule has 0 N–H and O–H groups in total. The van der Waals surface area contributed by atoms with Crippen LogP contribution in [0.15, 0.2) is 42.5 Å². The first-order valence-corrected chi connectivity index (χ1v) is 8.77. The highest BCUT2D eigenvalue weighted by Gasteiger charge is 2.25. The normalized spacial score (nSPS) is 15.4. The lowest BCUT2D eigenvalue weighted by molar-refractivity contribution is 0.0588. The quantitative estimate of drug-likeness (QED) is 0.664. The third-order valence-corrected chi connectivity index (χ3v) is 4.66. The fourth-order valence-corrected chi connectivity index (χ4v) is 3.27. The molecule has 0 radical (unpaired) electrons. The van der Waals surface area contributed by atoms with Gasteiger partial charge in [-0.2, -0.15) is 0 Å². The van der Waals surface area contributed by atoms with Crippen molar-refractivity contribution in [3.8, 4) is 5.75 Å². The van der Waals surface area contributed by atoms with Crippen molar-refractivity contribution in [2.24, 2.45) is 0 Å². The third-order valence-electron chi connectivity index (χ3n) is 3.99. The number of amides is 1. The maximum Gasteiger partial charge on any atom is 0.253 e. The fourth-order valence-electron chi connectivity index (χ4n) is 2.73. The first-order valence-electron chi connectivity index (χ1n) is 7.69. The molecule has 0 unspecified atom stereocenters. The van der Waals surface area contributed by atoms with Crippen molar-refractivity contribution in [3.05, 3.63) is 63.2 Å². The van der Waals surface area contributed by atoms with Crippen LogP contribution in [0.1, 0.15) is 23.2 Å². The number of hydrogen-bond acceptors (Lipinski definition) is 2. The topological polar surface area (TPSA) is 29.5 Å². The molecule has 24 heavy (non-hydrogen) atoms. The summed E-state index contributed by atoms with van der Waals surface area (Å²) in [5.74, 6) is -1.27. The summed E-state index contributed by atoms with van der Waals surface area (Å²) in [7, 11) is 0. The van der Waals surface area contributed by atoms with Crippen LogP contribution < -0.4 is 4.74 Å². The van der Waals surface area contributed by atoms with Gasteiger partial charge in [0, 0.05) is 41.1 Å². The minimum absolute atomic E-state index is 0.0000660. The predicted molar refractivity (Wildman–Crippen MR) is 95.1 cm³/mol. The minimum Gasteiger partial charge on any atom is -0.487 e. The van der Waals surface area contributed by atoms with Gasteiger partial charge in [0.25, 0.3) is 5.91 Å². The average Bonchev–Trinajstić information content (AvgIpc) is 2.57. The van der Waals surface area contributed by atoms with Crippen molar-refractivity contribution in [2.45, 2.75) is 18.9 Å². The molecule has 3 rings (SSSR count). The van der Waals surface area contributed by atoms with Gasteiger partial charge >= 0.3 is 0 Å². The molecule has 1 saturated heterocycles. The van der Waals surface area contributed by atoms with E-state index in [0.29, 0.717) is 31.5 Å². The van der Waals surface area contributed by atoms with Gasteiger partial charge in [-0.3, -0.25) is 4.79 Å². The minimum atomic E-state index is -0.702. The Labute approximate surface area is 152 Å². The van der Waals surface area contributed by atoms with Crippen LogP contribution in [0.25, 0.3) is 0 Å². The second kappa shape index (κ2) is 7.46. The molecule has 2 aromatic carbocycles. The van der Waals surface area contributed by atoms with E-state index in [4.69, 9.17) is 4.74 Å². The molecule has 1 heterocycles. The number of rotatable bonds is 3. The Morgan fingerprint density at radius 2 is 1.88 bits per heavy atom. The number of ether oxygens (including phenoxy) is 1. The molecule has 0 atom stereocenters. The van der Waals surface area contributed by atoms with Gasteiger partial charge in [-0.25, -0.2) is 8.78 Å². The molecule has 3 nitrogen and oxygen atoms in total. The van der Waals surface area contributed by atoms with Gasteiger partial charge < -0.3 is 9.64 Å². The molecule has 126 valence electrons. The van der Waals surface area contributed by atoms with Gasteiger partial charge in [0.05, 0.1) is 0 Å². The summed E-state index contributed by atoms with van der Waals surface area (Å²) in [6, 6.07) is 10.8. The lowest BCUT2D eigenvalue weighted by Gasteiger charge is -2.32. The number of benzene rings is 2. The van der Waals surface area contributed by atoms with E-state index in [1.807, 2.05) is 18.2 Å². The van der Waals surface area contributed by atoms with Gasteiger partial charge in [-0.1, -0.05) is 6.07 Å². The lowest BCUT2D eigenvalue weighted by Crippen LogP contribution is -2.41. The summed E-state index contributed by atoms with van der Waals surface area (Å²) in [4.78, 5) is 14.3. The fraction of sp³-hybridized carbons (Fsp3) is 0.278. The Bertz CT molecular complexity index is 746. The molecule has 1 fully saturated rings. The zero-order chi connectivity index (χ0) is 17.1. The highest BCUT2D eigenvalue weighted by molar-refractivity contribution is 14.1. The Kier molecular flexibility index (Phi) is 5.33. The second-order valence-electron chi connectivity index (χ2n) is 5.69. The molecule has 0 bridgehead atoms. The van der Waals surface area contributed by atoms with Gasteiger partial charge in [-0.15, -0.1) is 0 Å². The molecule has 6 heteroatoms. The number of carbonyl (C=O) groups is 1. The number of hydrogen-bond donors (Lipinski definition) is 0. The summed E-state index contributed by atoms with van der Waals surface area (Å²) in [6.07, 6.45) is 1.06. The number of piperidine rings is 1. The van der Waals surface area contributed by atoms with E-state index in [2.05, 4.69) is 22.6 Å². The second-order valence-corrected chi connectivity index (χ2v) is 6.94. The Balaban J connectivity index is 1.58. The first kappa shape index (κ1) is 17.1. The standard InChI is InChI=1S/C18H16F2INO2/c19-13-4-5-17(16(20)11-13)24-15-6-8-22(9-7-15)18(23)12-2-1-3-14(21)10-12/h1-5,10-11,15H,6-9H2. The van der Waals surface area contributed by atoms with Crippen LogP contribution in [0, 0.1) is 15.2 Å². The van der Waals surface area contributed by atoms with Crippen molar-refractivity contribution in [2.75, 3.05) is 13.1 Å². The van der Waals surface area contributed by atoms with Crippen LogP contribution in [0.4, 0.5) is 8.78 Å². The van der Waals surface area contributed by atoms with Crippen LogP contribution >= 0.6 is 22.6 Å².